The van der Waals surface area contributed by atoms with E-state index in [-0.39, 0.29) is 5.91 Å². The number of thiazole rings is 1. The van der Waals surface area contributed by atoms with E-state index in [0.717, 1.165) is 17.1 Å². The Bertz CT molecular complexity index is 547. The first kappa shape index (κ1) is 13.1. The van der Waals surface area contributed by atoms with Crippen molar-refractivity contribution in [1.82, 2.24) is 15.2 Å². The van der Waals surface area contributed by atoms with Gasteiger partial charge in [-0.15, -0.1) is 21.5 Å². The van der Waals surface area contributed by atoms with Gasteiger partial charge in [0.2, 0.25) is 5.13 Å². The predicted molar refractivity (Wildman–Crippen MR) is 73.3 cm³/mol. The number of hydrogen-bond acceptors (Lipinski definition) is 6. The molecule has 0 saturated carbocycles. The molecule has 0 spiro atoms. The van der Waals surface area contributed by atoms with Gasteiger partial charge in [-0.25, -0.2) is 4.98 Å². The molecule has 5 nitrogen and oxygen atoms in total. The summed E-state index contributed by atoms with van der Waals surface area (Å²) in [6.45, 7) is 6.07. The van der Waals surface area contributed by atoms with Gasteiger partial charge in [0, 0.05) is 6.42 Å². The molecule has 0 bridgehead atoms. The minimum absolute atomic E-state index is 0.165. The van der Waals surface area contributed by atoms with Crippen molar-refractivity contribution >= 4 is 33.7 Å². The lowest BCUT2D eigenvalue weighted by atomic mass is 10.1. The van der Waals surface area contributed by atoms with Gasteiger partial charge in [-0.3, -0.25) is 10.1 Å². The van der Waals surface area contributed by atoms with Crippen molar-refractivity contribution in [2.45, 2.75) is 27.2 Å². The van der Waals surface area contributed by atoms with Crippen LogP contribution in [0.5, 0.6) is 0 Å². The molecule has 1 amide bonds. The number of aryl methyl sites for hydroxylation is 1. The molecule has 0 atom stereocenters. The summed E-state index contributed by atoms with van der Waals surface area (Å²) in [5, 5.41) is 12.3. The van der Waals surface area contributed by atoms with Crippen LogP contribution in [-0.2, 0) is 6.42 Å². The molecule has 96 valence electrons. The topological polar surface area (TPSA) is 67.8 Å². The van der Waals surface area contributed by atoms with Crippen LogP contribution >= 0.6 is 22.7 Å². The van der Waals surface area contributed by atoms with E-state index in [9.17, 15) is 4.79 Å². The van der Waals surface area contributed by atoms with Crippen molar-refractivity contribution in [1.29, 1.82) is 0 Å². The fourth-order valence-electron chi connectivity index (χ4n) is 1.41. The highest BCUT2D eigenvalue weighted by Gasteiger charge is 2.14. The summed E-state index contributed by atoms with van der Waals surface area (Å²) in [6.07, 6.45) is 0.882. The second-order valence-corrected chi connectivity index (χ2v) is 6.24. The SMILES string of the molecule is Cc1ncsc1C(=O)Nc1nnc(CC(C)C)s1. The lowest BCUT2D eigenvalue weighted by molar-refractivity contribution is 0.102. The van der Waals surface area contributed by atoms with Crippen molar-refractivity contribution in [3.05, 3.63) is 21.1 Å². The van der Waals surface area contributed by atoms with Crippen LogP contribution in [0.25, 0.3) is 0 Å². The average molecular weight is 282 g/mol. The maximum atomic E-state index is 11.9. The summed E-state index contributed by atoms with van der Waals surface area (Å²) in [5.41, 5.74) is 2.40. The largest absolute Gasteiger partial charge is 0.296 e. The van der Waals surface area contributed by atoms with E-state index in [2.05, 4.69) is 34.3 Å². The van der Waals surface area contributed by atoms with E-state index in [1.54, 1.807) is 5.51 Å². The Labute approximate surface area is 113 Å². The molecule has 0 radical (unpaired) electrons. The molecular formula is C11H14N4OS2. The van der Waals surface area contributed by atoms with E-state index in [0.29, 0.717) is 15.9 Å². The van der Waals surface area contributed by atoms with Crippen LogP contribution in [-0.4, -0.2) is 21.1 Å². The van der Waals surface area contributed by atoms with Crippen LogP contribution in [0.2, 0.25) is 0 Å². The molecule has 0 aliphatic carbocycles. The van der Waals surface area contributed by atoms with Gasteiger partial charge in [-0.1, -0.05) is 25.2 Å². The Hall–Kier alpha value is -1.34. The summed E-state index contributed by atoms with van der Waals surface area (Å²) in [6, 6.07) is 0. The Kier molecular flexibility index (Phi) is 4.03. The number of carbonyl (C=O) groups excluding carboxylic acids is 1. The number of amides is 1. The van der Waals surface area contributed by atoms with Crippen LogP contribution in [0.3, 0.4) is 0 Å². The van der Waals surface area contributed by atoms with Crippen molar-refractivity contribution in [3.8, 4) is 0 Å². The third-order valence-corrected chi connectivity index (χ3v) is 4.01. The van der Waals surface area contributed by atoms with Crippen molar-refractivity contribution in [3.63, 3.8) is 0 Å². The molecule has 2 aromatic rings. The molecule has 0 fully saturated rings. The zero-order chi connectivity index (χ0) is 13.1. The molecule has 7 heteroatoms. The first-order valence-electron chi connectivity index (χ1n) is 5.60. The maximum absolute atomic E-state index is 11.9. The fourth-order valence-corrected chi connectivity index (χ4v) is 3.05. The lowest BCUT2D eigenvalue weighted by Crippen LogP contribution is -2.11. The normalized spacial score (nSPS) is 10.9. The summed E-state index contributed by atoms with van der Waals surface area (Å²) in [7, 11) is 0. The zero-order valence-electron chi connectivity index (χ0n) is 10.4. The number of rotatable bonds is 4. The van der Waals surface area contributed by atoms with Gasteiger partial charge in [-0.05, 0) is 12.8 Å². The molecule has 2 aromatic heterocycles. The second kappa shape index (κ2) is 5.53. The van der Waals surface area contributed by atoms with Crippen molar-refractivity contribution < 1.29 is 4.79 Å². The number of carbonyl (C=O) groups is 1. The van der Waals surface area contributed by atoms with Gasteiger partial charge in [0.15, 0.2) is 0 Å². The van der Waals surface area contributed by atoms with E-state index >= 15 is 0 Å². The number of hydrogen-bond donors (Lipinski definition) is 1. The van der Waals surface area contributed by atoms with Gasteiger partial charge >= 0.3 is 0 Å². The molecule has 0 unspecified atom stereocenters. The molecule has 18 heavy (non-hydrogen) atoms. The van der Waals surface area contributed by atoms with Crippen molar-refractivity contribution in [2.75, 3.05) is 5.32 Å². The number of nitrogens with one attached hydrogen (secondary N) is 1. The van der Waals surface area contributed by atoms with Crippen LogP contribution < -0.4 is 5.32 Å². The van der Waals surface area contributed by atoms with Crippen LogP contribution in [0, 0.1) is 12.8 Å². The Morgan fingerprint density at radius 2 is 2.22 bits per heavy atom. The van der Waals surface area contributed by atoms with Gasteiger partial charge in [0.05, 0.1) is 11.2 Å². The smallest absolute Gasteiger partial charge is 0.269 e. The molecule has 0 aliphatic heterocycles. The molecule has 1 N–H and O–H groups in total. The highest BCUT2D eigenvalue weighted by Crippen LogP contribution is 2.20. The first-order valence-corrected chi connectivity index (χ1v) is 7.29. The summed E-state index contributed by atoms with van der Waals surface area (Å²) in [4.78, 5) is 16.6. The van der Waals surface area contributed by atoms with Crippen LogP contribution in [0.1, 0.15) is 34.2 Å². The molecule has 2 rings (SSSR count). The molecule has 0 aliphatic rings. The van der Waals surface area contributed by atoms with Gasteiger partial charge in [-0.2, -0.15) is 0 Å². The van der Waals surface area contributed by atoms with Crippen molar-refractivity contribution in [2.24, 2.45) is 5.92 Å². The van der Waals surface area contributed by atoms with E-state index in [4.69, 9.17) is 0 Å². The minimum Gasteiger partial charge on any atom is -0.296 e. The predicted octanol–water partition coefficient (Wildman–Crippen LogP) is 2.75. The van der Waals surface area contributed by atoms with Gasteiger partial charge in [0.25, 0.3) is 5.91 Å². The molecule has 0 saturated heterocycles. The Morgan fingerprint density at radius 3 is 2.83 bits per heavy atom. The van der Waals surface area contributed by atoms with E-state index < -0.39 is 0 Å². The maximum Gasteiger partial charge on any atom is 0.269 e. The zero-order valence-corrected chi connectivity index (χ0v) is 12.1. The summed E-state index contributed by atoms with van der Waals surface area (Å²) in [5.74, 6) is 0.368. The number of aromatic nitrogens is 3. The molecule has 0 aromatic carbocycles. The quantitative estimate of drug-likeness (QED) is 0.936. The minimum atomic E-state index is -0.165. The van der Waals surface area contributed by atoms with Crippen LogP contribution in [0.4, 0.5) is 5.13 Å². The molecular weight excluding hydrogens is 268 g/mol. The fraction of sp³-hybridized carbons (Fsp3) is 0.455. The number of nitrogens with zero attached hydrogens (tertiary/aromatic N) is 3. The lowest BCUT2D eigenvalue weighted by Gasteiger charge is -1.98. The standard InChI is InChI=1S/C11H14N4OS2/c1-6(2)4-8-14-15-11(18-8)13-10(16)9-7(3)12-5-17-9/h5-6H,4H2,1-3H3,(H,13,15,16). The average Bonchev–Trinajstić information content (AvgIpc) is 2.87. The third-order valence-electron chi connectivity index (χ3n) is 2.22. The number of anilines is 1. The highest BCUT2D eigenvalue weighted by molar-refractivity contribution is 7.15. The Balaban J connectivity index is 2.04. The second-order valence-electron chi connectivity index (χ2n) is 4.32. The Morgan fingerprint density at radius 1 is 1.44 bits per heavy atom. The first-order chi connectivity index (χ1) is 8.56. The summed E-state index contributed by atoms with van der Waals surface area (Å²) >= 11 is 2.75. The summed E-state index contributed by atoms with van der Waals surface area (Å²) < 4.78 is 0. The van der Waals surface area contributed by atoms with Gasteiger partial charge < -0.3 is 0 Å². The monoisotopic (exact) mass is 282 g/mol. The van der Waals surface area contributed by atoms with E-state index in [1.807, 2.05) is 6.92 Å². The van der Waals surface area contributed by atoms with Gasteiger partial charge in [0.1, 0.15) is 9.88 Å². The van der Waals surface area contributed by atoms with E-state index in [1.165, 1.54) is 22.7 Å². The molecule has 2 heterocycles. The van der Waals surface area contributed by atoms with Crippen LogP contribution in [0.15, 0.2) is 5.51 Å². The highest BCUT2D eigenvalue weighted by atomic mass is 32.1. The third kappa shape index (κ3) is 3.11.